The smallest absolute Gasteiger partial charge is 0.209 e. The number of guanidine groups is 1. The van der Waals surface area contributed by atoms with Gasteiger partial charge in [-0.3, -0.25) is 4.99 Å². The molecule has 4 nitrogen and oxygen atoms in total. The highest BCUT2D eigenvalue weighted by atomic mass is 15.3. The summed E-state index contributed by atoms with van der Waals surface area (Å²) in [6, 6.07) is 0. The second-order valence-corrected chi connectivity index (χ2v) is 4.13. The third kappa shape index (κ3) is 8.85. The van der Waals surface area contributed by atoms with E-state index in [1.54, 1.807) is 7.05 Å². The summed E-state index contributed by atoms with van der Waals surface area (Å²) in [5, 5.41) is 3.91. The van der Waals surface area contributed by atoms with Crippen molar-refractivity contribution in [2.24, 2.45) is 21.2 Å². The first-order valence-electron chi connectivity index (χ1n) is 4.45. The van der Waals surface area contributed by atoms with Gasteiger partial charge in [0.25, 0.3) is 0 Å². The average Bonchev–Trinajstić information content (AvgIpc) is 2.01. The molecule has 0 aromatic heterocycles. The molecule has 13 heavy (non-hydrogen) atoms. The molecule has 0 heterocycles. The average molecular weight is 184 g/mol. The molecule has 3 N–H and O–H groups in total. The maximum atomic E-state index is 5.37. The van der Waals surface area contributed by atoms with Crippen molar-refractivity contribution in [2.75, 3.05) is 7.05 Å². The molecule has 0 radical (unpaired) electrons. The van der Waals surface area contributed by atoms with Crippen molar-refractivity contribution in [1.29, 1.82) is 0 Å². The highest BCUT2D eigenvalue weighted by Crippen LogP contribution is 2.19. The van der Waals surface area contributed by atoms with Crippen LogP contribution in [0.15, 0.2) is 10.1 Å². The van der Waals surface area contributed by atoms with E-state index in [-0.39, 0.29) is 0 Å². The summed E-state index contributed by atoms with van der Waals surface area (Å²) in [5.74, 6) is 0.340. The lowest BCUT2D eigenvalue weighted by Crippen LogP contribution is -2.26. The Morgan fingerprint density at radius 2 is 2.08 bits per heavy atom. The largest absolute Gasteiger partial charge is 0.369 e. The Hall–Kier alpha value is -1.06. The van der Waals surface area contributed by atoms with E-state index >= 15 is 0 Å². The Balaban J connectivity index is 3.54. The van der Waals surface area contributed by atoms with Gasteiger partial charge in [-0.05, 0) is 18.3 Å². The van der Waals surface area contributed by atoms with Crippen molar-refractivity contribution >= 4 is 12.2 Å². The van der Waals surface area contributed by atoms with Crippen molar-refractivity contribution in [3.63, 3.8) is 0 Å². The summed E-state index contributed by atoms with van der Waals surface area (Å²) < 4.78 is 0. The van der Waals surface area contributed by atoms with Crippen LogP contribution in [0.5, 0.6) is 0 Å². The molecule has 0 saturated heterocycles. The van der Waals surface area contributed by atoms with Crippen LogP contribution in [0.2, 0.25) is 0 Å². The van der Waals surface area contributed by atoms with E-state index in [9.17, 15) is 0 Å². The molecule has 0 unspecified atom stereocenters. The van der Waals surface area contributed by atoms with Crippen molar-refractivity contribution < 1.29 is 0 Å². The predicted molar refractivity (Wildman–Crippen MR) is 57.9 cm³/mol. The zero-order valence-electron chi connectivity index (χ0n) is 8.96. The van der Waals surface area contributed by atoms with Crippen LogP contribution in [0.3, 0.4) is 0 Å². The number of hydrogen-bond donors (Lipinski definition) is 2. The van der Waals surface area contributed by atoms with Crippen LogP contribution < -0.4 is 11.2 Å². The van der Waals surface area contributed by atoms with Crippen molar-refractivity contribution in [3.05, 3.63) is 0 Å². The van der Waals surface area contributed by atoms with Gasteiger partial charge >= 0.3 is 0 Å². The van der Waals surface area contributed by atoms with Gasteiger partial charge in [0.05, 0.1) is 0 Å². The van der Waals surface area contributed by atoms with Gasteiger partial charge in [0.1, 0.15) is 0 Å². The quantitative estimate of drug-likeness (QED) is 0.395. The Bertz CT molecular complexity index is 188. The summed E-state index contributed by atoms with van der Waals surface area (Å²) in [6.45, 7) is 6.61. The molecule has 4 heteroatoms. The fourth-order valence-corrected chi connectivity index (χ4v) is 0.724. The molecule has 0 aliphatic rings. The van der Waals surface area contributed by atoms with E-state index < -0.39 is 0 Å². The molecule has 0 amide bonds. The second-order valence-electron chi connectivity index (χ2n) is 4.13. The lowest BCUT2D eigenvalue weighted by Gasteiger charge is -2.15. The summed E-state index contributed by atoms with van der Waals surface area (Å²) in [4.78, 5) is 3.70. The van der Waals surface area contributed by atoms with Crippen molar-refractivity contribution in [1.82, 2.24) is 5.43 Å². The van der Waals surface area contributed by atoms with Gasteiger partial charge in [-0.1, -0.05) is 20.8 Å². The number of hydrogen-bond acceptors (Lipinski definition) is 2. The van der Waals surface area contributed by atoms with E-state index in [0.717, 1.165) is 12.8 Å². The first kappa shape index (κ1) is 11.9. The molecule has 0 fully saturated rings. The maximum Gasteiger partial charge on any atom is 0.209 e. The number of rotatable bonds is 3. The monoisotopic (exact) mass is 184 g/mol. The topological polar surface area (TPSA) is 62.8 Å². The van der Waals surface area contributed by atoms with Crippen LogP contribution in [-0.4, -0.2) is 19.2 Å². The summed E-state index contributed by atoms with van der Waals surface area (Å²) in [5.41, 5.74) is 8.34. The summed E-state index contributed by atoms with van der Waals surface area (Å²) in [6.07, 6.45) is 3.89. The van der Waals surface area contributed by atoms with E-state index in [4.69, 9.17) is 5.73 Å². The predicted octanol–water partition coefficient (Wildman–Crippen LogP) is 1.33. The molecular weight excluding hydrogens is 164 g/mol. The van der Waals surface area contributed by atoms with Gasteiger partial charge in [-0.25, -0.2) is 5.43 Å². The number of hydrazone groups is 1. The molecule has 0 spiro atoms. The van der Waals surface area contributed by atoms with Crippen LogP contribution in [-0.2, 0) is 0 Å². The fourth-order valence-electron chi connectivity index (χ4n) is 0.724. The minimum atomic E-state index is 0.340. The summed E-state index contributed by atoms with van der Waals surface area (Å²) in [7, 11) is 1.62. The molecule has 76 valence electrons. The Morgan fingerprint density at radius 3 is 2.54 bits per heavy atom. The lowest BCUT2D eigenvalue weighted by molar-refractivity contribution is 0.387. The van der Waals surface area contributed by atoms with Gasteiger partial charge in [0.15, 0.2) is 0 Å². The van der Waals surface area contributed by atoms with Crippen molar-refractivity contribution in [2.45, 2.75) is 33.6 Å². The second kappa shape index (κ2) is 5.56. The molecule has 0 aliphatic carbocycles. The van der Waals surface area contributed by atoms with Crippen LogP contribution >= 0.6 is 0 Å². The maximum absolute atomic E-state index is 5.37. The van der Waals surface area contributed by atoms with Crippen LogP contribution in [0.25, 0.3) is 0 Å². The van der Waals surface area contributed by atoms with E-state index in [1.807, 2.05) is 6.21 Å². The molecule has 0 atom stereocenters. The number of nitrogens with two attached hydrogens (primary N) is 1. The third-order valence-corrected chi connectivity index (χ3v) is 1.53. The minimum Gasteiger partial charge on any atom is -0.369 e. The molecule has 0 aromatic carbocycles. The van der Waals surface area contributed by atoms with Crippen molar-refractivity contribution in [3.8, 4) is 0 Å². The number of aliphatic imine (C=N–C) groups is 1. The Labute approximate surface area is 80.3 Å². The highest BCUT2D eigenvalue weighted by Gasteiger charge is 2.07. The Kier molecular flexibility index (Phi) is 5.11. The third-order valence-electron chi connectivity index (χ3n) is 1.53. The molecular formula is C9H20N4. The normalized spacial score (nSPS) is 13.7. The highest BCUT2D eigenvalue weighted by molar-refractivity contribution is 5.78. The van der Waals surface area contributed by atoms with Gasteiger partial charge in [-0.2, -0.15) is 5.10 Å². The van der Waals surface area contributed by atoms with E-state index in [2.05, 4.69) is 36.3 Å². The first-order valence-corrected chi connectivity index (χ1v) is 4.45. The standard InChI is InChI=1S/C9H20N4/c1-9(2,3)6-5-7-12-13-8(10)11-4/h7H,5-6H2,1-4H3,(H3,10,11,13)/b12-7+. The van der Waals surface area contributed by atoms with Gasteiger partial charge in [0.2, 0.25) is 5.96 Å². The van der Waals surface area contributed by atoms with Gasteiger partial charge in [-0.15, -0.1) is 0 Å². The Morgan fingerprint density at radius 1 is 1.46 bits per heavy atom. The minimum absolute atomic E-state index is 0.340. The molecule has 0 rings (SSSR count). The first-order chi connectivity index (χ1) is 5.95. The molecule has 0 bridgehead atoms. The molecule has 0 aliphatic heterocycles. The van der Waals surface area contributed by atoms with Crippen LogP contribution in [0.1, 0.15) is 33.6 Å². The summed E-state index contributed by atoms with van der Waals surface area (Å²) >= 11 is 0. The SMILES string of the molecule is C/N=C(\N)N/N=C/CCC(C)(C)C. The number of nitrogens with zero attached hydrogens (tertiary/aromatic N) is 2. The zero-order chi connectivity index (χ0) is 10.3. The lowest BCUT2D eigenvalue weighted by atomic mass is 9.91. The zero-order valence-corrected chi connectivity index (χ0v) is 8.96. The van der Waals surface area contributed by atoms with Gasteiger partial charge < -0.3 is 5.73 Å². The van der Waals surface area contributed by atoms with Gasteiger partial charge in [0, 0.05) is 13.3 Å². The molecule has 0 saturated carbocycles. The van der Waals surface area contributed by atoms with Crippen LogP contribution in [0, 0.1) is 5.41 Å². The van der Waals surface area contributed by atoms with Crippen LogP contribution in [0.4, 0.5) is 0 Å². The van der Waals surface area contributed by atoms with E-state index in [1.165, 1.54) is 0 Å². The molecule has 0 aromatic rings. The van der Waals surface area contributed by atoms with E-state index in [0.29, 0.717) is 11.4 Å². The number of nitrogens with one attached hydrogen (secondary N) is 1. The fraction of sp³-hybridized carbons (Fsp3) is 0.778.